The van der Waals surface area contributed by atoms with Crippen molar-refractivity contribution in [2.45, 2.75) is 25.8 Å². The molecule has 1 amide bonds. The van der Waals surface area contributed by atoms with Crippen molar-refractivity contribution in [3.05, 3.63) is 32.9 Å². The first-order valence-corrected chi connectivity index (χ1v) is 7.15. The summed E-state index contributed by atoms with van der Waals surface area (Å²) < 4.78 is 6.01. The Bertz CT molecular complexity index is 518. The number of carboxylic acid groups (broad SMARTS) is 1. The van der Waals surface area contributed by atoms with Crippen LogP contribution in [0, 0.1) is 10.5 Å². The van der Waals surface area contributed by atoms with Crippen LogP contribution in [0.15, 0.2) is 18.2 Å². The van der Waals surface area contributed by atoms with Crippen LogP contribution < -0.4 is 5.32 Å². The average Bonchev–Trinajstić information content (AvgIpc) is 2.31. The summed E-state index contributed by atoms with van der Waals surface area (Å²) in [6.45, 7) is 3.65. The molecule has 1 unspecified atom stereocenters. The van der Waals surface area contributed by atoms with Crippen LogP contribution in [0.3, 0.4) is 0 Å². The lowest BCUT2D eigenvalue weighted by Crippen LogP contribution is -2.50. The van der Waals surface area contributed by atoms with Crippen molar-refractivity contribution >= 4 is 34.5 Å². The molecule has 0 aliphatic rings. The van der Waals surface area contributed by atoms with Crippen molar-refractivity contribution in [3.8, 4) is 0 Å². The molecule has 1 aromatic rings. The molecule has 0 aromatic heterocycles. The quantitative estimate of drug-likeness (QED) is 0.730. The highest BCUT2D eigenvalue weighted by atomic mass is 127. The average molecular weight is 391 g/mol. The van der Waals surface area contributed by atoms with Crippen molar-refractivity contribution in [3.63, 3.8) is 0 Å². The van der Waals surface area contributed by atoms with Crippen LogP contribution in [0.25, 0.3) is 0 Å². The van der Waals surface area contributed by atoms with E-state index in [0.717, 1.165) is 9.13 Å². The normalized spacial score (nSPS) is 13.6. The third kappa shape index (κ3) is 4.45. The van der Waals surface area contributed by atoms with Crippen molar-refractivity contribution in [2.24, 2.45) is 0 Å². The van der Waals surface area contributed by atoms with Crippen molar-refractivity contribution in [2.75, 3.05) is 13.7 Å². The molecule has 110 valence electrons. The number of aliphatic carboxylic acids is 1. The summed E-state index contributed by atoms with van der Waals surface area (Å²) in [7, 11) is 1.48. The van der Waals surface area contributed by atoms with E-state index in [0.29, 0.717) is 5.56 Å². The van der Waals surface area contributed by atoms with Gasteiger partial charge < -0.3 is 15.2 Å². The number of benzene rings is 1. The number of carboxylic acids is 1. The minimum atomic E-state index is -0.982. The fraction of sp³-hybridized carbons (Fsp3) is 0.429. The molecule has 0 saturated heterocycles. The Balaban J connectivity index is 2.96. The Morgan fingerprint density at radius 2 is 2.10 bits per heavy atom. The molecule has 0 heterocycles. The van der Waals surface area contributed by atoms with Gasteiger partial charge in [0.1, 0.15) is 0 Å². The number of hydrogen-bond acceptors (Lipinski definition) is 3. The first-order valence-electron chi connectivity index (χ1n) is 6.07. The van der Waals surface area contributed by atoms with Gasteiger partial charge in [0.15, 0.2) is 0 Å². The largest absolute Gasteiger partial charge is 0.481 e. The molecule has 0 saturated carbocycles. The Morgan fingerprint density at radius 3 is 2.65 bits per heavy atom. The zero-order valence-electron chi connectivity index (χ0n) is 11.7. The summed E-state index contributed by atoms with van der Waals surface area (Å²) in [6, 6.07) is 5.44. The van der Waals surface area contributed by atoms with Gasteiger partial charge in [-0.25, -0.2) is 0 Å². The molecular weight excluding hydrogens is 373 g/mol. The molecule has 6 heteroatoms. The fourth-order valence-electron chi connectivity index (χ4n) is 1.98. The second-order valence-corrected chi connectivity index (χ2v) is 6.09. The second-order valence-electron chi connectivity index (χ2n) is 4.93. The van der Waals surface area contributed by atoms with E-state index >= 15 is 0 Å². The lowest BCUT2D eigenvalue weighted by Gasteiger charge is -2.28. The lowest BCUT2D eigenvalue weighted by molar-refractivity contribution is -0.139. The summed E-state index contributed by atoms with van der Waals surface area (Å²) in [4.78, 5) is 23.2. The van der Waals surface area contributed by atoms with Gasteiger partial charge in [0.25, 0.3) is 5.91 Å². The van der Waals surface area contributed by atoms with Crippen LogP contribution in [-0.4, -0.2) is 36.2 Å². The van der Waals surface area contributed by atoms with E-state index in [9.17, 15) is 9.59 Å². The molecular formula is C14H18INO4. The standard InChI is InChI=1S/C14H18INO4/c1-9-10(5-4-6-11(9)15)13(19)16-14(2,8-20-3)7-12(17)18/h4-6H,7-8H2,1-3H3,(H,16,19)(H,17,18). The van der Waals surface area contributed by atoms with Gasteiger partial charge in [-0.1, -0.05) is 6.07 Å². The molecule has 1 rings (SSSR count). The molecule has 0 spiro atoms. The van der Waals surface area contributed by atoms with E-state index < -0.39 is 11.5 Å². The summed E-state index contributed by atoms with van der Waals surface area (Å²) in [5.74, 6) is -1.27. The number of amides is 1. The van der Waals surface area contributed by atoms with Gasteiger partial charge in [0.2, 0.25) is 0 Å². The van der Waals surface area contributed by atoms with Gasteiger partial charge in [-0.3, -0.25) is 9.59 Å². The maximum absolute atomic E-state index is 12.3. The number of methoxy groups -OCH3 is 1. The number of nitrogens with one attached hydrogen (secondary N) is 1. The smallest absolute Gasteiger partial charge is 0.305 e. The molecule has 0 aliphatic heterocycles. The minimum absolute atomic E-state index is 0.133. The summed E-state index contributed by atoms with van der Waals surface area (Å²) in [6.07, 6.45) is -0.199. The SMILES string of the molecule is COCC(C)(CC(=O)O)NC(=O)c1cccc(I)c1C. The molecule has 20 heavy (non-hydrogen) atoms. The molecule has 0 aliphatic carbocycles. The highest BCUT2D eigenvalue weighted by Crippen LogP contribution is 2.18. The minimum Gasteiger partial charge on any atom is -0.481 e. The van der Waals surface area contributed by atoms with Crippen molar-refractivity contribution in [1.29, 1.82) is 0 Å². The van der Waals surface area contributed by atoms with Gasteiger partial charge in [0, 0.05) is 16.2 Å². The van der Waals surface area contributed by atoms with Crippen LogP contribution in [0.4, 0.5) is 0 Å². The van der Waals surface area contributed by atoms with Crippen LogP contribution in [0.1, 0.15) is 29.3 Å². The first-order chi connectivity index (χ1) is 9.29. The van der Waals surface area contributed by atoms with E-state index in [1.54, 1.807) is 19.1 Å². The van der Waals surface area contributed by atoms with E-state index in [4.69, 9.17) is 9.84 Å². The maximum atomic E-state index is 12.3. The summed E-state index contributed by atoms with van der Waals surface area (Å²) in [5.41, 5.74) is 0.482. The summed E-state index contributed by atoms with van der Waals surface area (Å²) >= 11 is 2.16. The van der Waals surface area contributed by atoms with Gasteiger partial charge in [-0.15, -0.1) is 0 Å². The van der Waals surface area contributed by atoms with Crippen LogP contribution in [0.5, 0.6) is 0 Å². The first kappa shape index (κ1) is 16.9. The second kappa shape index (κ2) is 7.03. The number of ether oxygens (including phenoxy) is 1. The van der Waals surface area contributed by atoms with Gasteiger partial charge in [-0.2, -0.15) is 0 Å². The Morgan fingerprint density at radius 1 is 1.45 bits per heavy atom. The highest BCUT2D eigenvalue weighted by molar-refractivity contribution is 14.1. The molecule has 5 nitrogen and oxygen atoms in total. The fourth-order valence-corrected chi connectivity index (χ4v) is 2.48. The molecule has 0 fully saturated rings. The predicted octanol–water partition coefficient (Wildman–Crippen LogP) is 2.21. The highest BCUT2D eigenvalue weighted by Gasteiger charge is 2.30. The molecule has 0 bridgehead atoms. The van der Waals surface area contributed by atoms with Crippen LogP contribution >= 0.6 is 22.6 Å². The zero-order chi connectivity index (χ0) is 15.3. The topological polar surface area (TPSA) is 75.6 Å². The lowest BCUT2D eigenvalue weighted by atomic mass is 9.97. The maximum Gasteiger partial charge on any atom is 0.305 e. The van der Waals surface area contributed by atoms with Gasteiger partial charge in [0.05, 0.1) is 18.6 Å². The third-order valence-corrected chi connectivity index (χ3v) is 4.10. The number of halogens is 1. The predicted molar refractivity (Wildman–Crippen MR) is 83.9 cm³/mol. The number of carbonyl (C=O) groups is 2. The third-order valence-electron chi connectivity index (χ3n) is 2.93. The Labute approximate surface area is 131 Å². The number of hydrogen-bond donors (Lipinski definition) is 2. The Kier molecular flexibility index (Phi) is 5.94. The van der Waals surface area contributed by atoms with E-state index in [1.165, 1.54) is 7.11 Å². The molecule has 0 radical (unpaired) electrons. The van der Waals surface area contributed by atoms with E-state index in [2.05, 4.69) is 27.9 Å². The van der Waals surface area contributed by atoms with Gasteiger partial charge >= 0.3 is 5.97 Å². The molecule has 1 atom stereocenters. The van der Waals surface area contributed by atoms with E-state index in [1.807, 2.05) is 13.0 Å². The van der Waals surface area contributed by atoms with Crippen molar-refractivity contribution < 1.29 is 19.4 Å². The zero-order valence-corrected chi connectivity index (χ0v) is 13.9. The molecule has 1 aromatic carbocycles. The molecule has 2 N–H and O–H groups in total. The summed E-state index contributed by atoms with van der Waals surface area (Å²) in [5, 5.41) is 11.7. The van der Waals surface area contributed by atoms with Crippen LogP contribution in [0.2, 0.25) is 0 Å². The van der Waals surface area contributed by atoms with Crippen LogP contribution in [-0.2, 0) is 9.53 Å². The number of rotatable bonds is 6. The monoisotopic (exact) mass is 391 g/mol. The van der Waals surface area contributed by atoms with Gasteiger partial charge in [-0.05, 0) is 54.1 Å². The van der Waals surface area contributed by atoms with Crippen molar-refractivity contribution in [1.82, 2.24) is 5.32 Å². The Hall–Kier alpha value is -1.15. The van der Waals surface area contributed by atoms with E-state index in [-0.39, 0.29) is 18.9 Å². The number of carbonyl (C=O) groups excluding carboxylic acids is 1.